The molecule has 0 bridgehead atoms. The van der Waals surface area contributed by atoms with Gasteiger partial charge in [0.25, 0.3) is 0 Å². The van der Waals surface area contributed by atoms with E-state index in [1.54, 1.807) is 4.90 Å². The van der Waals surface area contributed by atoms with E-state index in [1.165, 1.54) is 18.5 Å². The van der Waals surface area contributed by atoms with E-state index in [2.05, 4.69) is 23.3 Å². The Hall–Kier alpha value is -3.42. The lowest BCUT2D eigenvalue weighted by molar-refractivity contribution is -0.146. The van der Waals surface area contributed by atoms with Crippen LogP contribution < -0.4 is 15.8 Å². The predicted octanol–water partition coefficient (Wildman–Crippen LogP) is 2.44. The third kappa shape index (κ3) is 4.38. The number of likely N-dealkylation sites (tertiary alicyclic amines) is 1. The van der Waals surface area contributed by atoms with Crippen molar-refractivity contribution < 1.29 is 19.1 Å². The van der Waals surface area contributed by atoms with Crippen molar-refractivity contribution >= 4 is 23.4 Å². The Kier molecular flexibility index (Phi) is 5.63. The summed E-state index contributed by atoms with van der Waals surface area (Å²) in [4.78, 5) is 42.7. The second-order valence-electron chi connectivity index (χ2n) is 8.44. The highest BCUT2D eigenvalue weighted by atomic mass is 16.5. The number of ether oxygens (including phenoxy) is 1. The maximum absolute atomic E-state index is 13.1. The van der Waals surface area contributed by atoms with Gasteiger partial charge in [-0.3, -0.25) is 19.4 Å². The van der Waals surface area contributed by atoms with E-state index in [0.717, 1.165) is 36.1 Å². The molecule has 8 heteroatoms. The molecular formula is C23H26N4O4. The van der Waals surface area contributed by atoms with Crippen molar-refractivity contribution in [1.82, 2.24) is 9.88 Å². The Balaban J connectivity index is 1.54. The van der Waals surface area contributed by atoms with Gasteiger partial charge in [0.1, 0.15) is 11.9 Å². The standard InChI is InChI=1S/C23H26N4O4/c1-13-3-5-19(15-4-6-20-16(8-15)7-14(2)31-20)27(12-13)23(30)22(29)26-18-9-17(21(24)28)10-25-11-18/h4,6,8-11,13-14,19H,3,5,7,12H2,1-2H3,(H2,24,28)(H,26,29)/t13-,14?,19+/m1/s1. The zero-order valence-corrected chi connectivity index (χ0v) is 17.6. The van der Waals surface area contributed by atoms with Crippen LogP contribution >= 0.6 is 0 Å². The van der Waals surface area contributed by atoms with E-state index in [9.17, 15) is 14.4 Å². The zero-order valence-electron chi connectivity index (χ0n) is 17.6. The summed E-state index contributed by atoms with van der Waals surface area (Å²) in [6, 6.07) is 7.26. The molecule has 4 rings (SSSR count). The van der Waals surface area contributed by atoms with E-state index in [4.69, 9.17) is 10.5 Å². The van der Waals surface area contributed by atoms with Gasteiger partial charge < -0.3 is 20.7 Å². The fraction of sp³-hybridized carbons (Fsp3) is 0.391. The first kappa shape index (κ1) is 20.8. The number of piperidine rings is 1. The van der Waals surface area contributed by atoms with Gasteiger partial charge in [-0.15, -0.1) is 0 Å². The SMILES string of the molecule is CC1Cc2cc([C@@H]3CC[C@@H](C)CN3C(=O)C(=O)Nc3cncc(C(N)=O)c3)ccc2O1. The minimum Gasteiger partial charge on any atom is -0.490 e. The highest BCUT2D eigenvalue weighted by Crippen LogP contribution is 2.37. The van der Waals surface area contributed by atoms with Crippen LogP contribution in [0.15, 0.2) is 36.7 Å². The summed E-state index contributed by atoms with van der Waals surface area (Å²) < 4.78 is 5.79. The number of rotatable bonds is 3. The summed E-state index contributed by atoms with van der Waals surface area (Å²) in [6.07, 6.45) is 5.42. The van der Waals surface area contributed by atoms with Gasteiger partial charge >= 0.3 is 11.8 Å². The average Bonchev–Trinajstić information content (AvgIpc) is 3.12. The summed E-state index contributed by atoms with van der Waals surface area (Å²) in [5.41, 5.74) is 7.82. The molecule has 3 heterocycles. The minimum absolute atomic E-state index is 0.143. The van der Waals surface area contributed by atoms with Crippen LogP contribution in [-0.2, 0) is 16.0 Å². The number of carbonyl (C=O) groups is 3. The fourth-order valence-electron chi connectivity index (χ4n) is 4.33. The topological polar surface area (TPSA) is 115 Å². The van der Waals surface area contributed by atoms with Gasteiger partial charge in [0.05, 0.1) is 23.5 Å². The Morgan fingerprint density at radius 1 is 1.16 bits per heavy atom. The first-order valence-corrected chi connectivity index (χ1v) is 10.5. The lowest BCUT2D eigenvalue weighted by Crippen LogP contribution is -2.46. The molecule has 162 valence electrons. The van der Waals surface area contributed by atoms with Gasteiger partial charge in [-0.05, 0) is 55.0 Å². The van der Waals surface area contributed by atoms with Crippen molar-refractivity contribution in [1.29, 1.82) is 0 Å². The molecule has 2 aromatic rings. The van der Waals surface area contributed by atoms with Gasteiger partial charge in [0.2, 0.25) is 5.91 Å². The summed E-state index contributed by atoms with van der Waals surface area (Å²) in [6.45, 7) is 4.61. The van der Waals surface area contributed by atoms with Crippen molar-refractivity contribution in [2.45, 2.75) is 45.3 Å². The number of nitrogens with two attached hydrogens (primary N) is 1. The largest absolute Gasteiger partial charge is 0.490 e. The average molecular weight is 422 g/mol. The number of aromatic nitrogens is 1. The van der Waals surface area contributed by atoms with Crippen molar-refractivity contribution in [2.24, 2.45) is 11.7 Å². The van der Waals surface area contributed by atoms with Gasteiger partial charge in [-0.2, -0.15) is 0 Å². The summed E-state index contributed by atoms with van der Waals surface area (Å²) in [5.74, 6) is -0.843. The number of amides is 3. The molecule has 1 saturated heterocycles. The number of hydrogen-bond donors (Lipinski definition) is 2. The first-order valence-electron chi connectivity index (χ1n) is 10.5. The molecule has 1 fully saturated rings. The number of hydrogen-bond acceptors (Lipinski definition) is 5. The third-order valence-corrected chi connectivity index (χ3v) is 5.86. The molecule has 8 nitrogen and oxygen atoms in total. The highest BCUT2D eigenvalue weighted by molar-refractivity contribution is 6.39. The number of pyridine rings is 1. The molecule has 0 spiro atoms. The number of primary amides is 1. The van der Waals surface area contributed by atoms with E-state index < -0.39 is 17.7 Å². The Morgan fingerprint density at radius 3 is 2.74 bits per heavy atom. The van der Waals surface area contributed by atoms with Crippen LogP contribution in [0.3, 0.4) is 0 Å². The second kappa shape index (κ2) is 8.37. The molecule has 1 unspecified atom stereocenters. The summed E-state index contributed by atoms with van der Waals surface area (Å²) >= 11 is 0. The smallest absolute Gasteiger partial charge is 0.313 e. The molecule has 31 heavy (non-hydrogen) atoms. The Bertz CT molecular complexity index is 1040. The zero-order chi connectivity index (χ0) is 22.1. The fourth-order valence-corrected chi connectivity index (χ4v) is 4.33. The van der Waals surface area contributed by atoms with Crippen LogP contribution in [0, 0.1) is 5.92 Å². The molecule has 1 aromatic heterocycles. The van der Waals surface area contributed by atoms with E-state index >= 15 is 0 Å². The lowest BCUT2D eigenvalue weighted by Gasteiger charge is -2.38. The molecule has 3 amide bonds. The van der Waals surface area contributed by atoms with Crippen LogP contribution in [-0.4, -0.2) is 40.3 Å². The highest BCUT2D eigenvalue weighted by Gasteiger charge is 2.35. The van der Waals surface area contributed by atoms with Crippen molar-refractivity contribution in [3.8, 4) is 5.75 Å². The van der Waals surface area contributed by atoms with E-state index in [1.807, 2.05) is 19.1 Å². The molecule has 0 radical (unpaired) electrons. The minimum atomic E-state index is -0.763. The Labute approximate surface area is 180 Å². The monoisotopic (exact) mass is 422 g/mol. The van der Waals surface area contributed by atoms with E-state index in [0.29, 0.717) is 12.5 Å². The van der Waals surface area contributed by atoms with Crippen LogP contribution in [0.2, 0.25) is 0 Å². The van der Waals surface area contributed by atoms with Crippen molar-refractivity contribution in [2.75, 3.05) is 11.9 Å². The van der Waals surface area contributed by atoms with Crippen molar-refractivity contribution in [3.05, 3.63) is 53.3 Å². The summed E-state index contributed by atoms with van der Waals surface area (Å²) in [5, 5.41) is 2.55. The van der Waals surface area contributed by atoms with E-state index in [-0.39, 0.29) is 23.4 Å². The molecule has 3 atom stereocenters. The lowest BCUT2D eigenvalue weighted by atomic mass is 9.89. The molecular weight excluding hydrogens is 396 g/mol. The van der Waals surface area contributed by atoms with Crippen LogP contribution in [0.5, 0.6) is 5.75 Å². The summed E-state index contributed by atoms with van der Waals surface area (Å²) in [7, 11) is 0. The quantitative estimate of drug-likeness (QED) is 0.738. The van der Waals surface area contributed by atoms with Gasteiger partial charge in [0.15, 0.2) is 0 Å². The number of nitrogens with one attached hydrogen (secondary N) is 1. The third-order valence-electron chi connectivity index (χ3n) is 5.86. The molecule has 1 aromatic carbocycles. The number of anilines is 1. The van der Waals surface area contributed by atoms with Crippen molar-refractivity contribution in [3.63, 3.8) is 0 Å². The second-order valence-corrected chi connectivity index (χ2v) is 8.44. The number of fused-ring (bicyclic) bond motifs is 1. The molecule has 0 saturated carbocycles. The van der Waals surface area contributed by atoms with Gasteiger partial charge in [-0.1, -0.05) is 13.0 Å². The maximum Gasteiger partial charge on any atom is 0.313 e. The molecule has 2 aliphatic rings. The van der Waals surface area contributed by atoms with Crippen LogP contribution in [0.1, 0.15) is 54.2 Å². The van der Waals surface area contributed by atoms with Gasteiger partial charge in [0, 0.05) is 19.2 Å². The number of benzene rings is 1. The molecule has 3 N–H and O–H groups in total. The maximum atomic E-state index is 13.1. The number of nitrogens with zero attached hydrogens (tertiary/aromatic N) is 2. The van der Waals surface area contributed by atoms with Gasteiger partial charge in [-0.25, -0.2) is 0 Å². The van der Waals surface area contributed by atoms with Crippen LogP contribution in [0.25, 0.3) is 0 Å². The normalized spacial score (nSPS) is 22.4. The molecule has 2 aliphatic heterocycles. The first-order chi connectivity index (χ1) is 14.8. The van der Waals surface area contributed by atoms with Crippen LogP contribution in [0.4, 0.5) is 5.69 Å². The number of carbonyl (C=O) groups excluding carboxylic acids is 3. The predicted molar refractivity (Wildman–Crippen MR) is 114 cm³/mol. The molecule has 0 aliphatic carbocycles. The Morgan fingerprint density at radius 2 is 1.97 bits per heavy atom.